The Balaban J connectivity index is 1.66. The van der Waals surface area contributed by atoms with Crippen molar-refractivity contribution in [3.63, 3.8) is 0 Å². The largest absolute Gasteiger partial charge is 0.497 e. The third-order valence-corrected chi connectivity index (χ3v) is 9.71. The van der Waals surface area contributed by atoms with Crippen LogP contribution in [-0.2, 0) is 19.1 Å². The average molecular weight is 513 g/mol. The van der Waals surface area contributed by atoms with Crippen LogP contribution in [0.1, 0.15) is 26.7 Å². The van der Waals surface area contributed by atoms with Crippen molar-refractivity contribution in [2.75, 3.05) is 31.8 Å². The van der Waals surface area contributed by atoms with E-state index < -0.39 is 39.4 Å². The van der Waals surface area contributed by atoms with E-state index >= 15 is 0 Å². The number of thioether (sulfide) groups is 1. The summed E-state index contributed by atoms with van der Waals surface area (Å²) >= 11 is 1.51. The summed E-state index contributed by atoms with van der Waals surface area (Å²) in [6.45, 7) is 4.18. The highest BCUT2D eigenvalue weighted by atomic mass is 32.2. The molecule has 4 aliphatic heterocycles. The molecule has 8 nitrogen and oxygen atoms in total. The fourth-order valence-electron chi connectivity index (χ4n) is 6.23. The van der Waals surface area contributed by atoms with E-state index in [0.29, 0.717) is 30.8 Å². The number of benzene rings is 1. The molecule has 4 aliphatic rings. The maximum Gasteiger partial charge on any atom is 0.311 e. The summed E-state index contributed by atoms with van der Waals surface area (Å²) in [4.78, 5) is 45.1. The Morgan fingerprint density at radius 3 is 2.56 bits per heavy atom. The number of fused-ring (bicyclic) bond motifs is 2. The van der Waals surface area contributed by atoms with Crippen LogP contribution >= 0.6 is 11.8 Å². The van der Waals surface area contributed by atoms with Crippen LogP contribution in [0.5, 0.6) is 5.75 Å². The van der Waals surface area contributed by atoms with Gasteiger partial charge in [-0.3, -0.25) is 14.4 Å². The van der Waals surface area contributed by atoms with E-state index in [1.807, 2.05) is 50.3 Å². The summed E-state index contributed by atoms with van der Waals surface area (Å²) in [5.74, 6) is -1.74. The number of aliphatic hydroxyl groups excluding tert-OH is 1. The highest BCUT2D eigenvalue weighted by Crippen LogP contribution is 2.65. The minimum Gasteiger partial charge on any atom is -0.497 e. The second-order valence-corrected chi connectivity index (χ2v) is 11.7. The minimum atomic E-state index is -0.967. The fraction of sp³-hybridized carbons (Fsp3) is 0.519. The molecule has 4 heterocycles. The van der Waals surface area contributed by atoms with Gasteiger partial charge in [0.25, 0.3) is 5.91 Å². The molecule has 0 aromatic heterocycles. The third kappa shape index (κ3) is 3.58. The van der Waals surface area contributed by atoms with Crippen LogP contribution in [0.2, 0.25) is 0 Å². The van der Waals surface area contributed by atoms with E-state index in [0.717, 1.165) is 0 Å². The average Bonchev–Trinajstić information content (AvgIpc) is 3.19. The number of amides is 2. The van der Waals surface area contributed by atoms with E-state index in [4.69, 9.17) is 9.47 Å². The standard InChI is InChI=1S/C27H32N2O6S/c1-4-17(16-30)29-22-24(32)28(18-8-10-19(34-3)11-9-18)14-7-13-27(22)20(23(29)31)21-25(33)35-15-6-5-12-26(21,2)36-27/h5,7-13,17,20-22,30H,4,6,14-16H2,1-3H3/t17-,20-,21-,22?,26+,27-/m0/s1. The van der Waals surface area contributed by atoms with Crippen molar-refractivity contribution >= 4 is 35.2 Å². The number of carbonyl (C=O) groups is 3. The van der Waals surface area contributed by atoms with Crippen molar-refractivity contribution in [1.29, 1.82) is 0 Å². The lowest BCUT2D eigenvalue weighted by Crippen LogP contribution is -2.56. The number of aliphatic hydroxyl groups is 1. The molecular formula is C27H32N2O6S. The van der Waals surface area contributed by atoms with Gasteiger partial charge in [-0.25, -0.2) is 0 Å². The zero-order chi connectivity index (χ0) is 25.7. The topological polar surface area (TPSA) is 96.4 Å². The predicted octanol–water partition coefficient (Wildman–Crippen LogP) is 2.56. The predicted molar refractivity (Wildman–Crippen MR) is 137 cm³/mol. The van der Waals surface area contributed by atoms with Gasteiger partial charge in [0.15, 0.2) is 0 Å². The number of cyclic esters (lactones) is 1. The highest BCUT2D eigenvalue weighted by molar-refractivity contribution is 8.02. The van der Waals surface area contributed by atoms with Gasteiger partial charge in [-0.2, -0.15) is 0 Å². The van der Waals surface area contributed by atoms with Gasteiger partial charge >= 0.3 is 5.97 Å². The molecule has 1 aromatic carbocycles. The molecular weight excluding hydrogens is 480 g/mol. The maximum atomic E-state index is 14.4. The van der Waals surface area contributed by atoms with E-state index in [2.05, 4.69) is 0 Å². The normalized spacial score (nSPS) is 34.3. The Labute approximate surface area is 215 Å². The van der Waals surface area contributed by atoms with Gasteiger partial charge in [-0.1, -0.05) is 31.2 Å². The van der Waals surface area contributed by atoms with Crippen LogP contribution in [0.15, 0.2) is 48.6 Å². The number of methoxy groups -OCH3 is 1. The Kier molecular flexibility index (Phi) is 6.41. The Hall–Kier alpha value is -2.78. The monoisotopic (exact) mass is 512 g/mol. The molecule has 6 atom stereocenters. The first-order chi connectivity index (χ1) is 17.3. The molecule has 0 saturated carbocycles. The van der Waals surface area contributed by atoms with Gasteiger partial charge in [0.1, 0.15) is 11.8 Å². The van der Waals surface area contributed by atoms with Crippen molar-refractivity contribution in [2.24, 2.45) is 11.8 Å². The summed E-state index contributed by atoms with van der Waals surface area (Å²) < 4.78 is 9.16. The van der Waals surface area contributed by atoms with Crippen LogP contribution in [-0.4, -0.2) is 76.2 Å². The number of rotatable bonds is 5. The lowest BCUT2D eigenvalue weighted by Gasteiger charge is -2.39. The molecule has 0 radical (unpaired) electrons. The lowest BCUT2D eigenvalue weighted by atomic mass is 9.74. The summed E-state index contributed by atoms with van der Waals surface area (Å²) in [6, 6.07) is 5.83. The third-order valence-electron chi connectivity index (χ3n) is 7.92. The zero-order valence-electron chi connectivity index (χ0n) is 20.8. The van der Waals surface area contributed by atoms with E-state index in [-0.39, 0.29) is 25.0 Å². The number of carbonyl (C=O) groups excluding carboxylic acids is 3. The minimum absolute atomic E-state index is 0.226. The summed E-state index contributed by atoms with van der Waals surface area (Å²) in [6.07, 6.45) is 8.99. The van der Waals surface area contributed by atoms with Crippen LogP contribution in [0.4, 0.5) is 5.69 Å². The number of nitrogens with zero attached hydrogens (tertiary/aromatic N) is 2. The lowest BCUT2D eigenvalue weighted by molar-refractivity contribution is -0.154. The van der Waals surface area contributed by atoms with Crippen molar-refractivity contribution in [3.8, 4) is 5.75 Å². The van der Waals surface area contributed by atoms with Gasteiger partial charge < -0.3 is 24.4 Å². The van der Waals surface area contributed by atoms with Crippen LogP contribution in [0, 0.1) is 11.8 Å². The number of anilines is 1. The molecule has 0 bridgehead atoms. The highest BCUT2D eigenvalue weighted by Gasteiger charge is 2.74. The van der Waals surface area contributed by atoms with Crippen molar-refractivity contribution < 1.29 is 29.0 Å². The number of likely N-dealkylation sites (tertiary alicyclic amines) is 1. The quantitative estimate of drug-likeness (QED) is 0.479. The molecule has 1 aromatic rings. The molecule has 0 aliphatic carbocycles. The fourth-order valence-corrected chi connectivity index (χ4v) is 8.37. The van der Waals surface area contributed by atoms with Gasteiger partial charge in [0.2, 0.25) is 5.91 Å². The van der Waals surface area contributed by atoms with Crippen LogP contribution in [0.25, 0.3) is 0 Å². The van der Waals surface area contributed by atoms with Crippen molar-refractivity contribution in [3.05, 3.63) is 48.6 Å². The van der Waals surface area contributed by atoms with Crippen molar-refractivity contribution in [2.45, 2.75) is 48.3 Å². The number of esters is 1. The molecule has 2 saturated heterocycles. The van der Waals surface area contributed by atoms with Gasteiger partial charge in [0.05, 0.1) is 42.9 Å². The number of hydrogen-bond acceptors (Lipinski definition) is 7. The molecule has 1 N–H and O–H groups in total. The smallest absolute Gasteiger partial charge is 0.311 e. The van der Waals surface area contributed by atoms with Crippen molar-refractivity contribution in [1.82, 2.24) is 4.90 Å². The second kappa shape index (κ2) is 9.27. The van der Waals surface area contributed by atoms with Crippen LogP contribution in [0.3, 0.4) is 0 Å². The molecule has 192 valence electrons. The molecule has 2 amide bonds. The summed E-state index contributed by atoms with van der Waals surface area (Å²) in [5.41, 5.74) is 0.690. The molecule has 1 spiro atoms. The molecule has 36 heavy (non-hydrogen) atoms. The first-order valence-corrected chi connectivity index (χ1v) is 13.2. The first-order valence-electron chi connectivity index (χ1n) is 12.4. The SMILES string of the molecule is CC[C@@H](CO)N1C(=O)[C@@H]2[C@H]3C(=O)OCCC=C[C@@]3(C)S[C@@]23C=CCN(c2ccc(OC)cc2)C(=O)C13. The number of ether oxygens (including phenoxy) is 2. The first kappa shape index (κ1) is 24.9. The Morgan fingerprint density at radius 1 is 1.14 bits per heavy atom. The van der Waals surface area contributed by atoms with Gasteiger partial charge in [-0.05, 0) is 44.0 Å². The molecule has 2 fully saturated rings. The zero-order valence-corrected chi connectivity index (χ0v) is 21.6. The molecule has 1 unspecified atom stereocenters. The van der Waals surface area contributed by atoms with Gasteiger partial charge in [0, 0.05) is 17.0 Å². The molecule has 5 rings (SSSR count). The Bertz CT molecular complexity index is 1120. The van der Waals surface area contributed by atoms with E-state index in [1.165, 1.54) is 11.8 Å². The second-order valence-electron chi connectivity index (χ2n) is 9.90. The summed E-state index contributed by atoms with van der Waals surface area (Å²) in [5, 5.41) is 10.2. The summed E-state index contributed by atoms with van der Waals surface area (Å²) in [7, 11) is 1.59. The Morgan fingerprint density at radius 2 is 1.89 bits per heavy atom. The molecule has 9 heteroatoms. The van der Waals surface area contributed by atoms with E-state index in [1.54, 1.807) is 29.0 Å². The van der Waals surface area contributed by atoms with Crippen LogP contribution < -0.4 is 9.64 Å². The van der Waals surface area contributed by atoms with Gasteiger partial charge in [-0.15, -0.1) is 11.8 Å². The van der Waals surface area contributed by atoms with E-state index in [9.17, 15) is 19.5 Å². The maximum absolute atomic E-state index is 14.4. The number of hydrogen-bond donors (Lipinski definition) is 1.